The maximum atomic E-state index is 13.1. The lowest BCUT2D eigenvalue weighted by molar-refractivity contribution is -0.143. The van der Waals surface area contributed by atoms with Crippen molar-refractivity contribution in [3.05, 3.63) is 35.9 Å². The number of hydrogen-bond acceptors (Lipinski definition) is 8. The van der Waals surface area contributed by atoms with Crippen LogP contribution in [0.5, 0.6) is 0 Å². The van der Waals surface area contributed by atoms with Crippen molar-refractivity contribution in [3.63, 3.8) is 0 Å². The lowest BCUT2D eigenvalue weighted by Gasteiger charge is -2.24. The summed E-state index contributed by atoms with van der Waals surface area (Å²) in [5, 5.41) is 26.0. The maximum absolute atomic E-state index is 13.1. The number of aliphatic carboxylic acids is 2. The number of nitrogens with zero attached hydrogens (tertiary/aromatic N) is 2. The molecule has 42 heavy (non-hydrogen) atoms. The molecule has 0 aliphatic heterocycles. The Morgan fingerprint density at radius 2 is 1.19 bits per heavy atom. The van der Waals surface area contributed by atoms with Crippen molar-refractivity contribution in [1.82, 2.24) is 16.0 Å². The highest BCUT2D eigenvalue weighted by Gasteiger charge is 2.31. The second kappa shape index (κ2) is 18.4. The zero-order valence-electron chi connectivity index (χ0n) is 23.1. The molecule has 1 aromatic rings. The van der Waals surface area contributed by atoms with Crippen LogP contribution >= 0.6 is 0 Å². The monoisotopic (exact) mass is 592 g/mol. The molecule has 0 aliphatic rings. The number of nitrogens with two attached hydrogens (primary N) is 5. The summed E-state index contributed by atoms with van der Waals surface area (Å²) in [6, 6.07) is 3.49. The van der Waals surface area contributed by atoms with E-state index in [0.29, 0.717) is 0 Å². The molecule has 0 spiro atoms. The highest BCUT2D eigenvalue weighted by atomic mass is 16.4. The van der Waals surface area contributed by atoms with E-state index in [1.165, 1.54) is 0 Å². The fraction of sp³-hybridized carbons (Fsp3) is 0.480. The van der Waals surface area contributed by atoms with E-state index in [4.69, 9.17) is 28.7 Å². The van der Waals surface area contributed by atoms with Crippen molar-refractivity contribution in [2.24, 2.45) is 38.7 Å². The first-order valence-electron chi connectivity index (χ1n) is 13.1. The predicted molar refractivity (Wildman–Crippen MR) is 154 cm³/mol. The quantitative estimate of drug-likeness (QED) is 0.0428. The van der Waals surface area contributed by atoms with E-state index in [-0.39, 0.29) is 57.1 Å². The van der Waals surface area contributed by atoms with Gasteiger partial charge in [-0.2, -0.15) is 0 Å². The van der Waals surface area contributed by atoms with Crippen molar-refractivity contribution < 1.29 is 34.2 Å². The van der Waals surface area contributed by atoms with Crippen LogP contribution < -0.4 is 44.6 Å². The molecule has 0 heterocycles. The first kappa shape index (κ1) is 35.1. The summed E-state index contributed by atoms with van der Waals surface area (Å²) in [5.74, 6) is -5.71. The summed E-state index contributed by atoms with van der Waals surface area (Å²) in [7, 11) is 0. The van der Waals surface area contributed by atoms with E-state index in [1.54, 1.807) is 30.3 Å². The standard InChI is InChI=1S/C25H40N10O7/c26-15(12-14-6-2-1-3-7-14)20(38)35-18(13-19(36)37)22(40)33-16(8-4-10-31-24(27)28)21(39)34-17(23(41)42)9-5-11-32-25(29)30/h1-3,6-7,15-18H,4-5,8-13,26H2,(H,33,40)(H,34,39)(H,35,38)(H,36,37)(H,41,42)(H4,27,28,31)(H4,29,30,32). The summed E-state index contributed by atoms with van der Waals surface area (Å²) in [6.45, 7) is 0.218. The summed E-state index contributed by atoms with van der Waals surface area (Å²) in [4.78, 5) is 69.7. The number of carbonyl (C=O) groups is 5. The SMILES string of the molecule is NC(N)=NCCCC(NC(=O)C(CCCN=C(N)N)NC(=O)C(CC(=O)O)NC(=O)C(N)Cc1ccccc1)C(=O)O. The predicted octanol–water partition coefficient (Wildman–Crippen LogP) is -3.32. The Morgan fingerprint density at radius 3 is 1.69 bits per heavy atom. The Hall–Kier alpha value is -4.93. The van der Waals surface area contributed by atoms with E-state index >= 15 is 0 Å². The minimum Gasteiger partial charge on any atom is -0.481 e. The van der Waals surface area contributed by atoms with Gasteiger partial charge in [-0.15, -0.1) is 0 Å². The van der Waals surface area contributed by atoms with Crippen molar-refractivity contribution in [3.8, 4) is 0 Å². The number of hydrogen-bond donors (Lipinski definition) is 10. The third kappa shape index (κ3) is 14.5. The van der Waals surface area contributed by atoms with Gasteiger partial charge in [0.1, 0.15) is 18.1 Å². The van der Waals surface area contributed by atoms with E-state index < -0.39 is 60.2 Å². The number of carboxylic acids is 2. The van der Waals surface area contributed by atoms with Gasteiger partial charge in [0.2, 0.25) is 17.7 Å². The van der Waals surface area contributed by atoms with Crippen LogP contribution in [0.2, 0.25) is 0 Å². The number of nitrogens with one attached hydrogen (secondary N) is 3. The van der Waals surface area contributed by atoms with Crippen LogP contribution in [-0.2, 0) is 30.4 Å². The maximum Gasteiger partial charge on any atom is 0.326 e. The van der Waals surface area contributed by atoms with E-state index in [2.05, 4.69) is 25.9 Å². The third-order valence-corrected chi connectivity index (χ3v) is 5.79. The van der Waals surface area contributed by atoms with Gasteiger partial charge >= 0.3 is 11.9 Å². The summed E-state index contributed by atoms with van der Waals surface area (Å²) in [5.41, 5.74) is 27.9. The fourth-order valence-corrected chi connectivity index (χ4v) is 3.70. The number of carbonyl (C=O) groups excluding carboxylic acids is 3. The average Bonchev–Trinajstić information content (AvgIpc) is 2.91. The van der Waals surface area contributed by atoms with Gasteiger partial charge in [0.15, 0.2) is 11.9 Å². The molecule has 17 heteroatoms. The smallest absolute Gasteiger partial charge is 0.326 e. The zero-order chi connectivity index (χ0) is 31.7. The summed E-state index contributed by atoms with van der Waals surface area (Å²) in [6.07, 6.45) is -0.327. The molecule has 0 saturated heterocycles. The Labute approximate surface area is 242 Å². The molecular weight excluding hydrogens is 552 g/mol. The van der Waals surface area contributed by atoms with Crippen LogP contribution in [0.1, 0.15) is 37.7 Å². The van der Waals surface area contributed by atoms with E-state index in [0.717, 1.165) is 5.56 Å². The molecule has 1 rings (SSSR count). The molecule has 4 unspecified atom stereocenters. The van der Waals surface area contributed by atoms with Gasteiger partial charge in [0, 0.05) is 13.1 Å². The average molecular weight is 593 g/mol. The van der Waals surface area contributed by atoms with Crippen LogP contribution in [0.4, 0.5) is 0 Å². The first-order chi connectivity index (χ1) is 19.8. The minimum absolute atomic E-state index is 0.0243. The van der Waals surface area contributed by atoms with Gasteiger partial charge < -0.3 is 54.8 Å². The van der Waals surface area contributed by atoms with Crippen molar-refractivity contribution >= 4 is 41.6 Å². The number of carboxylic acid groups (broad SMARTS) is 2. The van der Waals surface area contributed by atoms with Gasteiger partial charge in [-0.1, -0.05) is 30.3 Å². The largest absolute Gasteiger partial charge is 0.481 e. The fourth-order valence-electron chi connectivity index (χ4n) is 3.70. The van der Waals surface area contributed by atoms with Gasteiger partial charge in [0.05, 0.1) is 12.5 Å². The van der Waals surface area contributed by atoms with Gasteiger partial charge in [-0.3, -0.25) is 29.2 Å². The van der Waals surface area contributed by atoms with Gasteiger partial charge in [-0.05, 0) is 37.7 Å². The highest BCUT2D eigenvalue weighted by molar-refractivity contribution is 5.95. The van der Waals surface area contributed by atoms with Crippen molar-refractivity contribution in [2.45, 2.75) is 62.7 Å². The van der Waals surface area contributed by atoms with Crippen LogP contribution in [0.3, 0.4) is 0 Å². The Kier molecular flexibility index (Phi) is 15.4. The molecule has 17 nitrogen and oxygen atoms in total. The Bertz CT molecular complexity index is 1120. The molecule has 1 aromatic carbocycles. The molecule has 0 aliphatic carbocycles. The van der Waals surface area contributed by atoms with Crippen LogP contribution in [0.15, 0.2) is 40.3 Å². The number of aliphatic imine (C=N–C) groups is 2. The molecule has 3 amide bonds. The normalized spacial score (nSPS) is 13.4. The zero-order valence-corrected chi connectivity index (χ0v) is 23.1. The van der Waals surface area contributed by atoms with E-state index in [9.17, 15) is 34.2 Å². The Balaban J connectivity index is 3.02. The first-order valence-corrected chi connectivity index (χ1v) is 13.1. The minimum atomic E-state index is -1.58. The second-order valence-electron chi connectivity index (χ2n) is 9.31. The lowest BCUT2D eigenvalue weighted by atomic mass is 10.0. The number of amides is 3. The summed E-state index contributed by atoms with van der Waals surface area (Å²) < 4.78 is 0. The highest BCUT2D eigenvalue weighted by Crippen LogP contribution is 2.06. The lowest BCUT2D eigenvalue weighted by Crippen LogP contribution is -2.57. The summed E-state index contributed by atoms with van der Waals surface area (Å²) >= 11 is 0. The third-order valence-electron chi connectivity index (χ3n) is 5.79. The molecule has 0 aromatic heterocycles. The topological polar surface area (TPSA) is 317 Å². The number of guanidine groups is 2. The van der Waals surface area contributed by atoms with Crippen LogP contribution in [-0.4, -0.2) is 89.0 Å². The van der Waals surface area contributed by atoms with Crippen molar-refractivity contribution in [1.29, 1.82) is 0 Å². The molecule has 4 atom stereocenters. The molecular formula is C25H40N10O7. The number of rotatable bonds is 19. The molecule has 0 bridgehead atoms. The molecule has 15 N–H and O–H groups in total. The van der Waals surface area contributed by atoms with Crippen LogP contribution in [0, 0.1) is 0 Å². The molecule has 0 fully saturated rings. The molecule has 232 valence electrons. The molecule has 0 saturated carbocycles. The van der Waals surface area contributed by atoms with E-state index in [1.807, 2.05) is 0 Å². The molecule has 0 radical (unpaired) electrons. The van der Waals surface area contributed by atoms with Gasteiger partial charge in [0.25, 0.3) is 0 Å². The van der Waals surface area contributed by atoms with Gasteiger partial charge in [-0.25, -0.2) is 4.79 Å². The Morgan fingerprint density at radius 1 is 0.714 bits per heavy atom. The van der Waals surface area contributed by atoms with Crippen molar-refractivity contribution in [2.75, 3.05) is 13.1 Å². The van der Waals surface area contributed by atoms with Crippen LogP contribution in [0.25, 0.3) is 0 Å². The number of benzene rings is 1. The second-order valence-corrected chi connectivity index (χ2v) is 9.31.